The summed E-state index contributed by atoms with van der Waals surface area (Å²) in [6, 6.07) is 6.69. The Labute approximate surface area is 156 Å². The van der Waals surface area contributed by atoms with Gasteiger partial charge < -0.3 is 10.6 Å². The second-order valence-corrected chi connectivity index (χ2v) is 7.04. The van der Waals surface area contributed by atoms with Crippen LogP contribution < -0.4 is 10.6 Å². The van der Waals surface area contributed by atoms with E-state index < -0.39 is 0 Å². The van der Waals surface area contributed by atoms with Crippen molar-refractivity contribution in [1.29, 1.82) is 0 Å². The zero-order chi connectivity index (χ0) is 18.4. The largest absolute Gasteiger partial charge is 0.357 e. The van der Waals surface area contributed by atoms with Gasteiger partial charge in [0, 0.05) is 24.5 Å². The molecule has 1 aliphatic rings. The highest BCUT2D eigenvalue weighted by molar-refractivity contribution is 5.80. The lowest BCUT2D eigenvalue weighted by atomic mass is 9.96. The molecule has 2 aromatic rings. The summed E-state index contributed by atoms with van der Waals surface area (Å²) in [6.45, 7) is 7.62. The van der Waals surface area contributed by atoms with Crippen LogP contribution in [-0.4, -0.2) is 33.3 Å². The van der Waals surface area contributed by atoms with Crippen LogP contribution in [0.2, 0.25) is 0 Å². The summed E-state index contributed by atoms with van der Waals surface area (Å²) in [5.74, 6) is 1.75. The molecule has 0 spiro atoms. The van der Waals surface area contributed by atoms with Crippen molar-refractivity contribution in [3.05, 3.63) is 41.3 Å². The van der Waals surface area contributed by atoms with Crippen LogP contribution in [0.1, 0.15) is 56.0 Å². The molecule has 1 fully saturated rings. The Morgan fingerprint density at radius 1 is 1.23 bits per heavy atom. The van der Waals surface area contributed by atoms with Crippen molar-refractivity contribution < 1.29 is 0 Å². The molecule has 2 N–H and O–H groups in total. The first kappa shape index (κ1) is 18.4. The average Bonchev–Trinajstić information content (AvgIpc) is 2.99. The van der Waals surface area contributed by atoms with Crippen LogP contribution in [0.3, 0.4) is 0 Å². The first-order chi connectivity index (χ1) is 12.7. The van der Waals surface area contributed by atoms with Gasteiger partial charge in [0.25, 0.3) is 0 Å². The van der Waals surface area contributed by atoms with Gasteiger partial charge in [0.15, 0.2) is 11.8 Å². The SMILES string of the molecule is CCNC(=NCc1ccc(-n2nc(C)cc2C)nc1)NC1CCCCC1. The van der Waals surface area contributed by atoms with E-state index in [1.807, 2.05) is 30.8 Å². The number of hydrogen-bond donors (Lipinski definition) is 2. The van der Waals surface area contributed by atoms with E-state index in [0.29, 0.717) is 12.6 Å². The number of pyridine rings is 1. The fraction of sp³-hybridized carbons (Fsp3) is 0.550. The van der Waals surface area contributed by atoms with Gasteiger partial charge in [0.2, 0.25) is 0 Å². The molecule has 0 amide bonds. The van der Waals surface area contributed by atoms with E-state index >= 15 is 0 Å². The summed E-state index contributed by atoms with van der Waals surface area (Å²) >= 11 is 0. The van der Waals surface area contributed by atoms with Crippen LogP contribution in [0.15, 0.2) is 29.4 Å². The third-order valence-corrected chi connectivity index (χ3v) is 4.75. The van der Waals surface area contributed by atoms with Crippen molar-refractivity contribution in [1.82, 2.24) is 25.4 Å². The summed E-state index contributed by atoms with van der Waals surface area (Å²) in [7, 11) is 0. The minimum Gasteiger partial charge on any atom is -0.357 e. The van der Waals surface area contributed by atoms with Crippen LogP contribution in [0.4, 0.5) is 0 Å². The van der Waals surface area contributed by atoms with E-state index in [1.54, 1.807) is 0 Å². The Morgan fingerprint density at radius 2 is 2.04 bits per heavy atom. The molecule has 140 valence electrons. The third kappa shape index (κ3) is 4.84. The number of aromatic nitrogens is 3. The Balaban J connectivity index is 1.64. The second kappa shape index (κ2) is 8.83. The third-order valence-electron chi connectivity index (χ3n) is 4.75. The van der Waals surface area contributed by atoms with Gasteiger partial charge in [0.05, 0.1) is 12.2 Å². The van der Waals surface area contributed by atoms with E-state index in [9.17, 15) is 0 Å². The van der Waals surface area contributed by atoms with Gasteiger partial charge in [0.1, 0.15) is 0 Å². The normalized spacial score (nSPS) is 15.9. The minimum atomic E-state index is 0.549. The van der Waals surface area contributed by atoms with Crippen molar-refractivity contribution >= 4 is 5.96 Å². The van der Waals surface area contributed by atoms with Gasteiger partial charge in [-0.05, 0) is 51.3 Å². The average molecular weight is 355 g/mol. The predicted octanol–water partition coefficient (Wildman–Crippen LogP) is 3.27. The minimum absolute atomic E-state index is 0.549. The molecule has 6 heteroatoms. The molecule has 0 radical (unpaired) electrons. The van der Waals surface area contributed by atoms with Gasteiger partial charge >= 0.3 is 0 Å². The smallest absolute Gasteiger partial charge is 0.191 e. The topological polar surface area (TPSA) is 67.1 Å². The number of nitrogens with one attached hydrogen (secondary N) is 2. The summed E-state index contributed by atoms with van der Waals surface area (Å²) in [5.41, 5.74) is 3.19. The lowest BCUT2D eigenvalue weighted by Crippen LogP contribution is -2.44. The van der Waals surface area contributed by atoms with Gasteiger partial charge in [-0.15, -0.1) is 0 Å². The number of rotatable bonds is 5. The highest BCUT2D eigenvalue weighted by Crippen LogP contribution is 2.17. The van der Waals surface area contributed by atoms with Crippen LogP contribution in [0.25, 0.3) is 5.82 Å². The predicted molar refractivity (Wildman–Crippen MR) is 106 cm³/mol. The molecule has 0 saturated heterocycles. The molecule has 0 bridgehead atoms. The quantitative estimate of drug-likeness (QED) is 0.639. The molecule has 0 aliphatic heterocycles. The van der Waals surface area contributed by atoms with Crippen molar-refractivity contribution in [2.75, 3.05) is 6.54 Å². The molecule has 0 aromatic carbocycles. The highest BCUT2D eigenvalue weighted by atomic mass is 15.3. The lowest BCUT2D eigenvalue weighted by molar-refractivity contribution is 0.410. The molecule has 2 heterocycles. The maximum Gasteiger partial charge on any atom is 0.191 e. The van der Waals surface area contributed by atoms with Crippen molar-refractivity contribution in [3.8, 4) is 5.82 Å². The van der Waals surface area contributed by atoms with Crippen LogP contribution in [0, 0.1) is 13.8 Å². The molecular weight excluding hydrogens is 324 g/mol. The molecule has 6 nitrogen and oxygen atoms in total. The van der Waals surface area contributed by atoms with E-state index in [-0.39, 0.29) is 0 Å². The highest BCUT2D eigenvalue weighted by Gasteiger charge is 2.14. The van der Waals surface area contributed by atoms with E-state index in [0.717, 1.165) is 35.3 Å². The molecule has 0 unspecified atom stereocenters. The number of aryl methyl sites for hydroxylation is 2. The Morgan fingerprint density at radius 3 is 2.65 bits per heavy atom. The molecule has 26 heavy (non-hydrogen) atoms. The fourth-order valence-electron chi connectivity index (χ4n) is 3.43. The molecular formula is C20H30N6. The standard InChI is InChI=1S/C20H30N6/c1-4-21-20(24-18-8-6-5-7-9-18)23-14-17-10-11-19(22-13-17)26-16(3)12-15(2)25-26/h10-13,18H,4-9,14H2,1-3H3,(H2,21,23,24). The van der Waals surface area contributed by atoms with Gasteiger partial charge in [-0.2, -0.15) is 5.10 Å². The maximum absolute atomic E-state index is 4.73. The van der Waals surface area contributed by atoms with Crippen molar-refractivity contribution in [3.63, 3.8) is 0 Å². The maximum atomic E-state index is 4.73. The fourth-order valence-corrected chi connectivity index (χ4v) is 3.43. The van der Waals surface area contributed by atoms with Crippen LogP contribution >= 0.6 is 0 Å². The van der Waals surface area contributed by atoms with Gasteiger partial charge in [-0.3, -0.25) is 0 Å². The second-order valence-electron chi connectivity index (χ2n) is 7.04. The number of nitrogens with zero attached hydrogens (tertiary/aromatic N) is 4. The van der Waals surface area contributed by atoms with Gasteiger partial charge in [-0.1, -0.05) is 25.3 Å². The Kier molecular flexibility index (Phi) is 6.26. The van der Waals surface area contributed by atoms with E-state index in [4.69, 9.17) is 4.99 Å². The zero-order valence-electron chi connectivity index (χ0n) is 16.1. The summed E-state index contributed by atoms with van der Waals surface area (Å²) < 4.78 is 1.87. The summed E-state index contributed by atoms with van der Waals surface area (Å²) in [5, 5.41) is 11.4. The zero-order valence-corrected chi connectivity index (χ0v) is 16.1. The molecule has 0 atom stereocenters. The first-order valence-electron chi connectivity index (χ1n) is 9.69. The van der Waals surface area contributed by atoms with E-state index in [1.165, 1.54) is 32.1 Å². The Bertz CT molecular complexity index is 725. The van der Waals surface area contributed by atoms with Crippen molar-refractivity contribution in [2.45, 2.75) is 65.5 Å². The number of guanidine groups is 1. The molecule has 3 rings (SSSR count). The van der Waals surface area contributed by atoms with Crippen LogP contribution in [-0.2, 0) is 6.54 Å². The first-order valence-corrected chi connectivity index (χ1v) is 9.69. The van der Waals surface area contributed by atoms with Gasteiger partial charge in [-0.25, -0.2) is 14.7 Å². The van der Waals surface area contributed by atoms with E-state index in [2.05, 4.69) is 39.8 Å². The molecule has 2 aromatic heterocycles. The number of aliphatic imine (C=N–C) groups is 1. The summed E-state index contributed by atoms with van der Waals surface area (Å²) in [4.78, 5) is 9.29. The van der Waals surface area contributed by atoms with Crippen LogP contribution in [0.5, 0.6) is 0 Å². The summed E-state index contributed by atoms with van der Waals surface area (Å²) in [6.07, 6.45) is 8.36. The monoisotopic (exact) mass is 354 g/mol. The molecule has 1 saturated carbocycles. The van der Waals surface area contributed by atoms with Crippen molar-refractivity contribution in [2.24, 2.45) is 4.99 Å². The number of hydrogen-bond acceptors (Lipinski definition) is 3. The molecule has 1 aliphatic carbocycles. The Hall–Kier alpha value is -2.37. The lowest BCUT2D eigenvalue weighted by Gasteiger charge is -2.24.